The minimum atomic E-state index is -0.578. The molecule has 0 saturated heterocycles. The van der Waals surface area contributed by atoms with Gasteiger partial charge < -0.3 is 18.8 Å². The van der Waals surface area contributed by atoms with Crippen molar-refractivity contribution in [2.24, 2.45) is 0 Å². The molecule has 0 N–H and O–H groups in total. The summed E-state index contributed by atoms with van der Waals surface area (Å²) in [5, 5.41) is 0. The van der Waals surface area contributed by atoms with Crippen LogP contribution < -0.4 is 0 Å². The molecule has 0 aliphatic heterocycles. The lowest BCUT2D eigenvalue weighted by Crippen LogP contribution is -2.37. The highest BCUT2D eigenvalue weighted by Gasteiger charge is 2.26. The Morgan fingerprint density at radius 2 is 1.96 bits per heavy atom. The standard InChI is InChI=1S/C19H24N2O5/c1-4-15(14-8-6-5-7-9-14)18(22)21(10-11-24-2)12-17-20-16(13-26-17)19(23)25-3/h5-9,13,15H,4,10-12H2,1-3H3/t15-/m0/s1. The monoisotopic (exact) mass is 360 g/mol. The third kappa shape index (κ3) is 4.92. The van der Waals surface area contributed by atoms with Gasteiger partial charge >= 0.3 is 5.97 Å². The highest BCUT2D eigenvalue weighted by atomic mass is 16.5. The van der Waals surface area contributed by atoms with E-state index < -0.39 is 5.97 Å². The summed E-state index contributed by atoms with van der Waals surface area (Å²) in [6, 6.07) is 9.65. The molecule has 0 fully saturated rings. The number of hydrogen-bond donors (Lipinski definition) is 0. The van der Waals surface area contributed by atoms with Crippen LogP contribution in [0, 0.1) is 0 Å². The van der Waals surface area contributed by atoms with Crippen LogP contribution in [-0.4, -0.2) is 49.1 Å². The number of hydrogen-bond acceptors (Lipinski definition) is 6. The third-order valence-electron chi connectivity index (χ3n) is 4.06. The Kier molecular flexibility index (Phi) is 7.35. The zero-order valence-corrected chi connectivity index (χ0v) is 15.3. The van der Waals surface area contributed by atoms with Crippen molar-refractivity contribution in [1.29, 1.82) is 0 Å². The van der Waals surface area contributed by atoms with Gasteiger partial charge in [0.05, 0.1) is 26.2 Å². The number of esters is 1. The molecule has 0 radical (unpaired) electrons. The van der Waals surface area contributed by atoms with Gasteiger partial charge in [-0.1, -0.05) is 37.3 Å². The van der Waals surface area contributed by atoms with E-state index in [1.54, 1.807) is 12.0 Å². The second kappa shape index (κ2) is 9.72. The first-order chi connectivity index (χ1) is 12.6. The van der Waals surface area contributed by atoms with Gasteiger partial charge in [0.15, 0.2) is 5.69 Å². The number of benzene rings is 1. The highest BCUT2D eigenvalue weighted by Crippen LogP contribution is 2.23. The summed E-state index contributed by atoms with van der Waals surface area (Å²) in [4.78, 5) is 30.3. The Balaban J connectivity index is 2.18. The Morgan fingerprint density at radius 1 is 1.23 bits per heavy atom. The van der Waals surface area contributed by atoms with Crippen molar-refractivity contribution >= 4 is 11.9 Å². The first-order valence-electron chi connectivity index (χ1n) is 8.46. The van der Waals surface area contributed by atoms with Crippen LogP contribution in [0.3, 0.4) is 0 Å². The van der Waals surface area contributed by atoms with Crippen LogP contribution in [0.15, 0.2) is 41.0 Å². The van der Waals surface area contributed by atoms with Crippen LogP contribution in [-0.2, 0) is 20.8 Å². The second-order valence-electron chi connectivity index (χ2n) is 5.74. The Hall–Kier alpha value is -2.67. The third-order valence-corrected chi connectivity index (χ3v) is 4.06. The molecule has 0 saturated carbocycles. The van der Waals surface area contributed by atoms with Crippen LogP contribution >= 0.6 is 0 Å². The van der Waals surface area contributed by atoms with Gasteiger partial charge in [-0.2, -0.15) is 0 Å². The number of methoxy groups -OCH3 is 2. The molecule has 1 atom stereocenters. The minimum Gasteiger partial charge on any atom is -0.464 e. The molecule has 2 aromatic rings. The van der Waals surface area contributed by atoms with Crippen LogP contribution in [0.4, 0.5) is 0 Å². The summed E-state index contributed by atoms with van der Waals surface area (Å²) >= 11 is 0. The smallest absolute Gasteiger partial charge is 0.360 e. The van der Waals surface area contributed by atoms with Crippen LogP contribution in [0.2, 0.25) is 0 Å². The van der Waals surface area contributed by atoms with E-state index in [0.717, 1.165) is 5.56 Å². The lowest BCUT2D eigenvalue weighted by atomic mass is 9.95. The number of ether oxygens (including phenoxy) is 2. The van der Waals surface area contributed by atoms with E-state index in [1.807, 2.05) is 37.3 Å². The molecular formula is C19H24N2O5. The van der Waals surface area contributed by atoms with Crippen LogP contribution in [0.1, 0.15) is 41.2 Å². The molecule has 140 valence electrons. The minimum absolute atomic E-state index is 0.0337. The molecule has 0 unspecified atom stereocenters. The number of nitrogens with zero attached hydrogens (tertiary/aromatic N) is 2. The number of carbonyl (C=O) groups excluding carboxylic acids is 2. The molecule has 7 heteroatoms. The van der Waals surface area contributed by atoms with Gasteiger partial charge in [-0.25, -0.2) is 9.78 Å². The van der Waals surface area contributed by atoms with Gasteiger partial charge in [-0.15, -0.1) is 0 Å². The normalized spacial score (nSPS) is 11.8. The molecule has 0 spiro atoms. The van der Waals surface area contributed by atoms with Gasteiger partial charge in [0.1, 0.15) is 6.26 Å². The van der Waals surface area contributed by atoms with Crippen molar-refractivity contribution in [2.75, 3.05) is 27.4 Å². The zero-order valence-electron chi connectivity index (χ0n) is 15.3. The summed E-state index contributed by atoms with van der Waals surface area (Å²) in [7, 11) is 2.86. The number of amides is 1. The average Bonchev–Trinajstić information content (AvgIpc) is 3.14. The molecule has 2 rings (SSSR count). The topological polar surface area (TPSA) is 81.9 Å². The second-order valence-corrected chi connectivity index (χ2v) is 5.74. The lowest BCUT2D eigenvalue weighted by Gasteiger charge is -2.26. The highest BCUT2D eigenvalue weighted by molar-refractivity contribution is 5.86. The number of carbonyl (C=O) groups is 2. The van der Waals surface area contributed by atoms with Crippen LogP contribution in [0.5, 0.6) is 0 Å². The number of oxazole rings is 1. The molecule has 26 heavy (non-hydrogen) atoms. The van der Waals surface area contributed by atoms with Gasteiger partial charge in [0, 0.05) is 13.7 Å². The predicted molar refractivity (Wildman–Crippen MR) is 94.6 cm³/mol. The molecule has 0 bridgehead atoms. The predicted octanol–water partition coefficient (Wildman–Crippen LogP) is 2.63. The maximum Gasteiger partial charge on any atom is 0.360 e. The van der Waals surface area contributed by atoms with E-state index in [-0.39, 0.29) is 30.0 Å². The first kappa shape index (κ1) is 19.7. The molecule has 0 aliphatic carbocycles. The summed E-state index contributed by atoms with van der Waals surface area (Å²) in [5.41, 5.74) is 1.04. The molecule has 1 heterocycles. The fourth-order valence-electron chi connectivity index (χ4n) is 2.67. The van der Waals surface area contributed by atoms with Crippen molar-refractivity contribution < 1.29 is 23.5 Å². The molecular weight excluding hydrogens is 336 g/mol. The largest absolute Gasteiger partial charge is 0.464 e. The van der Waals surface area contributed by atoms with Gasteiger partial charge in [0.2, 0.25) is 11.8 Å². The average molecular weight is 360 g/mol. The number of aromatic nitrogens is 1. The maximum absolute atomic E-state index is 13.1. The molecule has 7 nitrogen and oxygen atoms in total. The molecule has 0 aliphatic rings. The summed E-state index contributed by atoms with van der Waals surface area (Å²) in [6.45, 7) is 2.92. The van der Waals surface area contributed by atoms with E-state index in [4.69, 9.17) is 9.15 Å². The molecule has 1 aromatic heterocycles. The van der Waals surface area contributed by atoms with E-state index in [2.05, 4.69) is 9.72 Å². The zero-order chi connectivity index (χ0) is 18.9. The number of rotatable bonds is 9. The molecule has 1 aromatic carbocycles. The Bertz CT molecular complexity index is 714. The fraction of sp³-hybridized carbons (Fsp3) is 0.421. The van der Waals surface area contributed by atoms with E-state index >= 15 is 0 Å². The first-order valence-corrected chi connectivity index (χ1v) is 8.46. The van der Waals surface area contributed by atoms with Gasteiger partial charge in [0.25, 0.3) is 0 Å². The Labute approximate surface area is 152 Å². The SMILES string of the molecule is CC[C@H](C(=O)N(CCOC)Cc1nc(C(=O)OC)co1)c1ccccc1. The summed E-state index contributed by atoms with van der Waals surface area (Å²) < 4.78 is 15.1. The fourth-order valence-corrected chi connectivity index (χ4v) is 2.67. The van der Waals surface area contributed by atoms with Crippen molar-refractivity contribution in [1.82, 2.24) is 9.88 Å². The summed E-state index contributed by atoms with van der Waals surface area (Å²) in [5.74, 6) is -0.597. The molecule has 1 amide bonds. The van der Waals surface area contributed by atoms with Gasteiger partial charge in [-0.3, -0.25) is 4.79 Å². The van der Waals surface area contributed by atoms with E-state index in [1.165, 1.54) is 13.4 Å². The van der Waals surface area contributed by atoms with E-state index in [9.17, 15) is 9.59 Å². The lowest BCUT2D eigenvalue weighted by molar-refractivity contribution is -0.134. The van der Waals surface area contributed by atoms with Crippen molar-refractivity contribution in [3.05, 3.63) is 53.7 Å². The van der Waals surface area contributed by atoms with Crippen LogP contribution in [0.25, 0.3) is 0 Å². The quantitative estimate of drug-likeness (QED) is 0.640. The van der Waals surface area contributed by atoms with Crippen molar-refractivity contribution in [2.45, 2.75) is 25.8 Å². The Morgan fingerprint density at radius 3 is 2.58 bits per heavy atom. The van der Waals surface area contributed by atoms with E-state index in [0.29, 0.717) is 19.6 Å². The summed E-state index contributed by atoms with van der Waals surface area (Å²) in [6.07, 6.45) is 1.90. The van der Waals surface area contributed by atoms with Gasteiger partial charge in [-0.05, 0) is 12.0 Å². The maximum atomic E-state index is 13.1. The van der Waals surface area contributed by atoms with Crippen molar-refractivity contribution in [3.8, 4) is 0 Å². The van der Waals surface area contributed by atoms with Crippen molar-refractivity contribution in [3.63, 3.8) is 0 Å².